The van der Waals surface area contributed by atoms with E-state index in [-0.39, 0.29) is 0 Å². The molecule has 100 valence electrons. The van der Waals surface area contributed by atoms with Crippen molar-refractivity contribution in [1.29, 1.82) is 0 Å². The second kappa shape index (κ2) is 6.73. The summed E-state index contributed by atoms with van der Waals surface area (Å²) in [6, 6.07) is 16.9. The summed E-state index contributed by atoms with van der Waals surface area (Å²) in [5.41, 5.74) is 9.36. The van der Waals surface area contributed by atoms with Crippen LogP contribution < -0.4 is 10.6 Å². The van der Waals surface area contributed by atoms with E-state index < -0.39 is 0 Å². The van der Waals surface area contributed by atoms with Crippen molar-refractivity contribution in [3.63, 3.8) is 0 Å². The Morgan fingerprint density at radius 2 is 1.74 bits per heavy atom. The summed E-state index contributed by atoms with van der Waals surface area (Å²) in [6.07, 6.45) is 0.939. The van der Waals surface area contributed by atoms with Crippen LogP contribution in [0.5, 0.6) is 0 Å². The highest BCUT2D eigenvalue weighted by atomic mass is 79.9. The smallest absolute Gasteiger partial charge is 0.0437 e. The third kappa shape index (κ3) is 3.82. The maximum absolute atomic E-state index is 5.56. The van der Waals surface area contributed by atoms with E-state index in [1.807, 2.05) is 6.07 Å². The lowest BCUT2D eigenvalue weighted by molar-refractivity contribution is 0.915. The first-order valence-corrected chi connectivity index (χ1v) is 7.23. The van der Waals surface area contributed by atoms with Crippen LogP contribution in [0, 0.1) is 0 Å². The highest BCUT2D eigenvalue weighted by molar-refractivity contribution is 9.10. The number of hydrogen-bond acceptors (Lipinski definition) is 2. The topological polar surface area (TPSA) is 29.3 Å². The van der Waals surface area contributed by atoms with Gasteiger partial charge in [-0.15, -0.1) is 0 Å². The Labute approximate surface area is 123 Å². The third-order valence-corrected chi connectivity index (χ3v) is 3.95. The van der Waals surface area contributed by atoms with Crippen molar-refractivity contribution in [2.75, 3.05) is 18.5 Å². The highest BCUT2D eigenvalue weighted by Gasteiger charge is 2.04. The van der Waals surface area contributed by atoms with Gasteiger partial charge in [-0.3, -0.25) is 0 Å². The van der Waals surface area contributed by atoms with E-state index in [2.05, 4.69) is 70.3 Å². The fourth-order valence-electron chi connectivity index (χ4n) is 2.06. The second-order valence-electron chi connectivity index (χ2n) is 4.65. The molecule has 0 atom stereocenters. The second-order valence-corrected chi connectivity index (χ2v) is 5.51. The van der Waals surface area contributed by atoms with Gasteiger partial charge < -0.3 is 10.6 Å². The van der Waals surface area contributed by atoms with Gasteiger partial charge in [-0.1, -0.05) is 46.3 Å². The van der Waals surface area contributed by atoms with Crippen LogP contribution in [0.25, 0.3) is 0 Å². The van der Waals surface area contributed by atoms with Crippen LogP contribution >= 0.6 is 15.9 Å². The van der Waals surface area contributed by atoms with Gasteiger partial charge in [0.05, 0.1) is 0 Å². The maximum atomic E-state index is 5.56. The minimum absolute atomic E-state index is 0.701. The van der Waals surface area contributed by atoms with Crippen molar-refractivity contribution in [3.05, 3.63) is 64.1 Å². The van der Waals surface area contributed by atoms with Crippen LogP contribution in [0.15, 0.2) is 53.0 Å². The van der Waals surface area contributed by atoms with Crippen LogP contribution in [0.4, 0.5) is 5.69 Å². The number of anilines is 1. The Hall–Kier alpha value is -1.32. The standard InChI is InChI=1S/C16H19BrN2/c1-19(12-14-4-2-3-5-16(14)17)15-8-6-13(7-9-15)10-11-18/h2-9H,10-12,18H2,1H3. The molecule has 2 nitrogen and oxygen atoms in total. The number of benzene rings is 2. The molecule has 3 heteroatoms. The van der Waals surface area contributed by atoms with Gasteiger partial charge in [-0.2, -0.15) is 0 Å². The highest BCUT2D eigenvalue weighted by Crippen LogP contribution is 2.21. The van der Waals surface area contributed by atoms with Gasteiger partial charge in [0.25, 0.3) is 0 Å². The zero-order valence-electron chi connectivity index (χ0n) is 11.1. The van der Waals surface area contributed by atoms with Gasteiger partial charge >= 0.3 is 0 Å². The zero-order valence-corrected chi connectivity index (χ0v) is 12.7. The van der Waals surface area contributed by atoms with E-state index in [1.165, 1.54) is 16.8 Å². The molecule has 0 saturated carbocycles. The van der Waals surface area contributed by atoms with Crippen LogP contribution in [0.1, 0.15) is 11.1 Å². The molecule has 0 spiro atoms. The van der Waals surface area contributed by atoms with E-state index in [9.17, 15) is 0 Å². The minimum atomic E-state index is 0.701. The number of hydrogen-bond donors (Lipinski definition) is 1. The predicted octanol–water partition coefficient (Wildman–Crippen LogP) is 3.59. The molecule has 0 saturated heterocycles. The summed E-state index contributed by atoms with van der Waals surface area (Å²) in [6.45, 7) is 1.59. The zero-order chi connectivity index (χ0) is 13.7. The summed E-state index contributed by atoms with van der Waals surface area (Å²) in [5.74, 6) is 0. The van der Waals surface area contributed by atoms with E-state index in [4.69, 9.17) is 5.73 Å². The average molecular weight is 319 g/mol. The SMILES string of the molecule is CN(Cc1ccccc1Br)c1ccc(CCN)cc1. The molecule has 0 fully saturated rings. The Morgan fingerprint density at radius 1 is 1.05 bits per heavy atom. The lowest BCUT2D eigenvalue weighted by Gasteiger charge is -2.20. The van der Waals surface area contributed by atoms with E-state index >= 15 is 0 Å². The monoisotopic (exact) mass is 318 g/mol. The van der Waals surface area contributed by atoms with Gasteiger partial charge in [0.15, 0.2) is 0 Å². The number of nitrogens with two attached hydrogens (primary N) is 1. The van der Waals surface area contributed by atoms with Crippen LogP contribution in [0.2, 0.25) is 0 Å². The first-order chi connectivity index (χ1) is 9.20. The summed E-state index contributed by atoms with van der Waals surface area (Å²) < 4.78 is 1.15. The molecule has 2 N–H and O–H groups in total. The largest absolute Gasteiger partial charge is 0.370 e. The van der Waals surface area contributed by atoms with Crippen molar-refractivity contribution in [1.82, 2.24) is 0 Å². The lowest BCUT2D eigenvalue weighted by Crippen LogP contribution is -2.16. The average Bonchev–Trinajstić information content (AvgIpc) is 2.42. The van der Waals surface area contributed by atoms with Crippen molar-refractivity contribution in [2.24, 2.45) is 5.73 Å². The molecule has 0 unspecified atom stereocenters. The molecule has 19 heavy (non-hydrogen) atoms. The summed E-state index contributed by atoms with van der Waals surface area (Å²) in [7, 11) is 2.11. The molecule has 0 amide bonds. The van der Waals surface area contributed by atoms with Crippen LogP contribution in [-0.4, -0.2) is 13.6 Å². The molecule has 0 heterocycles. The normalized spacial score (nSPS) is 10.5. The first kappa shape index (κ1) is 14.1. The molecule has 0 radical (unpaired) electrons. The fraction of sp³-hybridized carbons (Fsp3) is 0.250. The molecule has 0 aliphatic rings. The summed E-state index contributed by atoms with van der Waals surface area (Å²) in [4.78, 5) is 2.24. The van der Waals surface area contributed by atoms with Gasteiger partial charge in [0, 0.05) is 23.8 Å². The summed E-state index contributed by atoms with van der Waals surface area (Å²) >= 11 is 3.59. The minimum Gasteiger partial charge on any atom is -0.370 e. The van der Waals surface area contributed by atoms with Crippen LogP contribution in [-0.2, 0) is 13.0 Å². The van der Waals surface area contributed by atoms with Crippen molar-refractivity contribution in [3.8, 4) is 0 Å². The fourth-order valence-corrected chi connectivity index (χ4v) is 2.47. The Bertz CT molecular complexity index is 523. The first-order valence-electron chi connectivity index (χ1n) is 6.44. The molecule has 0 aliphatic heterocycles. The number of nitrogens with zero attached hydrogens (tertiary/aromatic N) is 1. The third-order valence-electron chi connectivity index (χ3n) is 3.18. The number of halogens is 1. The van der Waals surface area contributed by atoms with Gasteiger partial charge in [-0.25, -0.2) is 0 Å². The Balaban J connectivity index is 2.07. The van der Waals surface area contributed by atoms with Crippen molar-refractivity contribution >= 4 is 21.6 Å². The Kier molecular flexibility index (Phi) is 5.00. The molecule has 0 bridgehead atoms. The quantitative estimate of drug-likeness (QED) is 0.912. The molecule has 2 aromatic rings. The van der Waals surface area contributed by atoms with E-state index in [0.717, 1.165) is 17.4 Å². The molecule has 0 aromatic heterocycles. The molecular formula is C16H19BrN2. The van der Waals surface area contributed by atoms with Gasteiger partial charge in [0.1, 0.15) is 0 Å². The molecular weight excluding hydrogens is 300 g/mol. The van der Waals surface area contributed by atoms with Crippen molar-refractivity contribution < 1.29 is 0 Å². The van der Waals surface area contributed by atoms with E-state index in [0.29, 0.717) is 6.54 Å². The van der Waals surface area contributed by atoms with Crippen molar-refractivity contribution in [2.45, 2.75) is 13.0 Å². The Morgan fingerprint density at radius 3 is 2.37 bits per heavy atom. The van der Waals surface area contributed by atoms with E-state index in [1.54, 1.807) is 0 Å². The van der Waals surface area contributed by atoms with Crippen LogP contribution in [0.3, 0.4) is 0 Å². The lowest BCUT2D eigenvalue weighted by atomic mass is 10.1. The molecule has 2 aromatic carbocycles. The summed E-state index contributed by atoms with van der Waals surface area (Å²) in [5, 5.41) is 0. The molecule has 2 rings (SSSR count). The maximum Gasteiger partial charge on any atom is 0.0437 e. The van der Waals surface area contributed by atoms with Gasteiger partial charge in [0.2, 0.25) is 0 Å². The van der Waals surface area contributed by atoms with Gasteiger partial charge in [-0.05, 0) is 42.3 Å². The number of rotatable bonds is 5. The molecule has 0 aliphatic carbocycles. The predicted molar refractivity (Wildman–Crippen MR) is 85.4 cm³/mol.